The van der Waals surface area contributed by atoms with Gasteiger partial charge >= 0.3 is 0 Å². The second kappa shape index (κ2) is 7.97. The lowest BCUT2D eigenvalue weighted by atomic mass is 10.1. The van der Waals surface area contributed by atoms with E-state index in [1.54, 1.807) is 30.3 Å². The van der Waals surface area contributed by atoms with Crippen LogP contribution in [0.4, 0.5) is 10.1 Å². The number of halogens is 2. The van der Waals surface area contributed by atoms with Gasteiger partial charge in [-0.1, -0.05) is 12.1 Å². The second-order valence-corrected chi connectivity index (χ2v) is 6.29. The molecule has 7 heteroatoms. The van der Waals surface area contributed by atoms with Gasteiger partial charge in [0.1, 0.15) is 5.82 Å². The maximum Gasteiger partial charge on any atom is 0.291 e. The van der Waals surface area contributed by atoms with Gasteiger partial charge in [-0.25, -0.2) is 4.39 Å². The van der Waals surface area contributed by atoms with Crippen molar-refractivity contribution in [2.45, 2.75) is 6.54 Å². The Kier molecular flexibility index (Phi) is 5.48. The third-order valence-electron chi connectivity index (χ3n) is 3.56. The highest BCUT2D eigenvalue weighted by atomic mass is 79.9. The molecule has 0 aliphatic rings. The summed E-state index contributed by atoms with van der Waals surface area (Å²) in [6.07, 6.45) is 1.42. The standard InChI is InChI=1S/C19H14BrFN2O3/c20-16-7-6-13(21)10-15(16)18(24)22-11-12-3-1-4-14(9-12)23-19(25)17-5-2-8-26-17/h1-10H,11H2,(H,22,24)(H,23,25). The molecule has 0 atom stereocenters. The SMILES string of the molecule is O=C(Nc1cccc(CNC(=O)c2cc(F)ccc2Br)c1)c1ccco1. The average Bonchev–Trinajstić information content (AvgIpc) is 3.17. The second-order valence-electron chi connectivity index (χ2n) is 5.44. The molecule has 3 aromatic rings. The number of furan rings is 1. The zero-order valence-electron chi connectivity index (χ0n) is 13.5. The molecule has 2 aromatic carbocycles. The number of nitrogens with one attached hydrogen (secondary N) is 2. The molecule has 1 aromatic heterocycles. The normalized spacial score (nSPS) is 10.4. The zero-order valence-corrected chi connectivity index (χ0v) is 15.0. The summed E-state index contributed by atoms with van der Waals surface area (Å²) in [6, 6.07) is 14.2. The van der Waals surface area contributed by atoms with Crippen LogP contribution in [0.3, 0.4) is 0 Å². The van der Waals surface area contributed by atoms with Crippen LogP contribution in [0, 0.1) is 5.82 Å². The van der Waals surface area contributed by atoms with Gasteiger partial charge in [-0.15, -0.1) is 0 Å². The summed E-state index contributed by atoms with van der Waals surface area (Å²) >= 11 is 3.23. The molecule has 2 N–H and O–H groups in total. The lowest BCUT2D eigenvalue weighted by molar-refractivity contribution is 0.0948. The summed E-state index contributed by atoms with van der Waals surface area (Å²) in [6.45, 7) is 0.228. The smallest absolute Gasteiger partial charge is 0.291 e. The van der Waals surface area contributed by atoms with Crippen LogP contribution in [-0.2, 0) is 6.54 Å². The van der Waals surface area contributed by atoms with Crippen LogP contribution in [0.25, 0.3) is 0 Å². The Balaban J connectivity index is 1.64. The Morgan fingerprint density at radius 1 is 1.04 bits per heavy atom. The first-order valence-electron chi connectivity index (χ1n) is 7.70. The Hall–Kier alpha value is -2.93. The van der Waals surface area contributed by atoms with Crippen molar-refractivity contribution in [1.82, 2.24) is 5.32 Å². The Morgan fingerprint density at radius 2 is 1.88 bits per heavy atom. The van der Waals surface area contributed by atoms with Crippen molar-refractivity contribution in [1.29, 1.82) is 0 Å². The summed E-state index contributed by atoms with van der Waals surface area (Å²) in [5.74, 6) is -1.04. The predicted octanol–water partition coefficient (Wildman–Crippen LogP) is 4.36. The minimum Gasteiger partial charge on any atom is -0.459 e. The number of carbonyl (C=O) groups is 2. The highest BCUT2D eigenvalue weighted by Gasteiger charge is 2.12. The summed E-state index contributed by atoms with van der Waals surface area (Å²) in [4.78, 5) is 24.2. The van der Waals surface area contributed by atoms with Crippen molar-refractivity contribution in [2.75, 3.05) is 5.32 Å². The third kappa shape index (κ3) is 4.37. The molecule has 0 aliphatic carbocycles. The van der Waals surface area contributed by atoms with Crippen LogP contribution < -0.4 is 10.6 Å². The number of rotatable bonds is 5. The van der Waals surface area contributed by atoms with Gasteiger partial charge in [-0.3, -0.25) is 9.59 Å². The molecular formula is C19H14BrFN2O3. The van der Waals surface area contributed by atoms with E-state index in [0.29, 0.717) is 10.2 Å². The first-order valence-corrected chi connectivity index (χ1v) is 8.49. The summed E-state index contributed by atoms with van der Waals surface area (Å²) < 4.78 is 18.9. The van der Waals surface area contributed by atoms with Gasteiger partial charge in [0.15, 0.2) is 5.76 Å². The highest BCUT2D eigenvalue weighted by molar-refractivity contribution is 9.10. The molecule has 0 saturated carbocycles. The molecule has 0 fully saturated rings. The van der Waals surface area contributed by atoms with Gasteiger partial charge in [-0.2, -0.15) is 0 Å². The number of amides is 2. The number of carbonyl (C=O) groups excluding carboxylic acids is 2. The van der Waals surface area contributed by atoms with Crippen LogP contribution in [0.5, 0.6) is 0 Å². The molecule has 0 aliphatic heterocycles. The van der Waals surface area contributed by atoms with E-state index in [1.165, 1.54) is 24.5 Å². The lowest BCUT2D eigenvalue weighted by Gasteiger charge is -2.09. The van der Waals surface area contributed by atoms with E-state index in [1.807, 2.05) is 6.07 Å². The number of anilines is 1. The molecule has 5 nitrogen and oxygen atoms in total. The molecule has 2 amide bonds. The van der Waals surface area contributed by atoms with Crippen LogP contribution in [0.2, 0.25) is 0 Å². The molecule has 0 spiro atoms. The first-order chi connectivity index (χ1) is 12.5. The average molecular weight is 417 g/mol. The van der Waals surface area contributed by atoms with Gasteiger partial charge in [0.25, 0.3) is 11.8 Å². The Morgan fingerprint density at radius 3 is 2.65 bits per heavy atom. The molecule has 26 heavy (non-hydrogen) atoms. The molecule has 0 bridgehead atoms. The van der Waals surface area contributed by atoms with Crippen molar-refractivity contribution in [3.63, 3.8) is 0 Å². The molecule has 0 radical (unpaired) electrons. The predicted molar refractivity (Wildman–Crippen MR) is 98.4 cm³/mol. The van der Waals surface area contributed by atoms with Crippen LogP contribution >= 0.6 is 15.9 Å². The molecule has 1 heterocycles. The lowest BCUT2D eigenvalue weighted by Crippen LogP contribution is -2.23. The van der Waals surface area contributed by atoms with E-state index >= 15 is 0 Å². The topological polar surface area (TPSA) is 71.3 Å². The molecule has 3 rings (SSSR count). The van der Waals surface area contributed by atoms with Crippen molar-refractivity contribution < 1.29 is 18.4 Å². The maximum atomic E-state index is 13.3. The number of hydrogen-bond acceptors (Lipinski definition) is 3. The Labute approximate surface area is 157 Å². The molecule has 132 valence electrons. The third-order valence-corrected chi connectivity index (χ3v) is 4.25. The summed E-state index contributed by atoms with van der Waals surface area (Å²) in [7, 11) is 0. The van der Waals surface area contributed by atoms with E-state index in [-0.39, 0.29) is 23.8 Å². The van der Waals surface area contributed by atoms with Crippen molar-refractivity contribution in [3.8, 4) is 0 Å². The minimum atomic E-state index is -0.485. The largest absolute Gasteiger partial charge is 0.459 e. The maximum absolute atomic E-state index is 13.3. The molecule has 0 saturated heterocycles. The number of hydrogen-bond donors (Lipinski definition) is 2. The van der Waals surface area contributed by atoms with Crippen molar-refractivity contribution in [3.05, 3.63) is 88.0 Å². The summed E-state index contributed by atoms with van der Waals surface area (Å²) in [5, 5.41) is 5.44. The number of benzene rings is 2. The fraction of sp³-hybridized carbons (Fsp3) is 0.0526. The minimum absolute atomic E-state index is 0.208. The van der Waals surface area contributed by atoms with Gasteiger partial charge in [-0.05, 0) is 64.0 Å². The van der Waals surface area contributed by atoms with Crippen molar-refractivity contribution in [2.24, 2.45) is 0 Å². The molecule has 0 unspecified atom stereocenters. The van der Waals surface area contributed by atoms with Gasteiger partial charge in [0.2, 0.25) is 0 Å². The monoisotopic (exact) mass is 416 g/mol. The van der Waals surface area contributed by atoms with E-state index < -0.39 is 11.7 Å². The summed E-state index contributed by atoms with van der Waals surface area (Å²) in [5.41, 5.74) is 1.57. The van der Waals surface area contributed by atoms with Crippen molar-refractivity contribution >= 4 is 33.4 Å². The van der Waals surface area contributed by atoms with E-state index in [2.05, 4.69) is 26.6 Å². The fourth-order valence-electron chi connectivity index (χ4n) is 2.31. The van der Waals surface area contributed by atoms with E-state index in [0.717, 1.165) is 5.56 Å². The van der Waals surface area contributed by atoms with Crippen LogP contribution in [0.1, 0.15) is 26.5 Å². The quantitative estimate of drug-likeness (QED) is 0.648. The van der Waals surface area contributed by atoms with Gasteiger partial charge in [0.05, 0.1) is 11.8 Å². The molecular weight excluding hydrogens is 403 g/mol. The van der Waals surface area contributed by atoms with E-state index in [9.17, 15) is 14.0 Å². The van der Waals surface area contributed by atoms with Gasteiger partial charge in [0, 0.05) is 16.7 Å². The van der Waals surface area contributed by atoms with Crippen LogP contribution in [0.15, 0.2) is 69.8 Å². The zero-order chi connectivity index (χ0) is 18.5. The Bertz CT molecular complexity index is 942. The first kappa shape index (κ1) is 17.9. The van der Waals surface area contributed by atoms with E-state index in [4.69, 9.17) is 4.42 Å². The van der Waals surface area contributed by atoms with Gasteiger partial charge < -0.3 is 15.1 Å². The fourth-order valence-corrected chi connectivity index (χ4v) is 2.74. The van der Waals surface area contributed by atoms with Crippen LogP contribution in [-0.4, -0.2) is 11.8 Å². The highest BCUT2D eigenvalue weighted by Crippen LogP contribution is 2.18.